The Bertz CT molecular complexity index is 1140. The topological polar surface area (TPSA) is 81.9 Å². The standard InChI is InChI=1S/C21H16IN5O2/c1-14-24-19(27-11-10-23-13-27)12-20(25-14)29-16-8-6-15(7-9-16)26-21(28)17-4-2-3-5-18(17)22/h2-13H,1H3,(H,26,28). The molecule has 8 heteroatoms. The SMILES string of the molecule is Cc1nc(Oc2ccc(NC(=O)c3ccccc3I)cc2)cc(-n2ccnc2)n1. The van der Waals surface area contributed by atoms with Crippen LogP contribution in [0.25, 0.3) is 5.82 Å². The minimum atomic E-state index is -0.153. The number of benzene rings is 2. The van der Waals surface area contributed by atoms with Crippen LogP contribution in [0.3, 0.4) is 0 Å². The van der Waals surface area contributed by atoms with Gasteiger partial charge in [0.1, 0.15) is 23.7 Å². The fourth-order valence-electron chi connectivity index (χ4n) is 2.68. The van der Waals surface area contributed by atoms with E-state index in [9.17, 15) is 4.79 Å². The zero-order chi connectivity index (χ0) is 20.2. The van der Waals surface area contributed by atoms with Crippen molar-refractivity contribution in [3.05, 3.63) is 88.3 Å². The van der Waals surface area contributed by atoms with E-state index in [4.69, 9.17) is 4.74 Å². The Labute approximate surface area is 180 Å². The van der Waals surface area contributed by atoms with Crippen LogP contribution < -0.4 is 10.1 Å². The molecule has 0 aliphatic carbocycles. The summed E-state index contributed by atoms with van der Waals surface area (Å²) in [5, 5.41) is 2.89. The van der Waals surface area contributed by atoms with Gasteiger partial charge in [-0.3, -0.25) is 9.36 Å². The van der Waals surface area contributed by atoms with E-state index in [1.165, 1.54) is 0 Å². The number of carbonyl (C=O) groups excluding carboxylic acids is 1. The molecule has 1 amide bonds. The van der Waals surface area contributed by atoms with Crippen LogP contribution in [0.4, 0.5) is 5.69 Å². The molecule has 29 heavy (non-hydrogen) atoms. The molecule has 2 aromatic carbocycles. The number of rotatable bonds is 5. The Kier molecular flexibility index (Phi) is 5.52. The van der Waals surface area contributed by atoms with Gasteiger partial charge in [-0.1, -0.05) is 12.1 Å². The summed E-state index contributed by atoms with van der Waals surface area (Å²) in [6.07, 6.45) is 5.15. The Balaban J connectivity index is 1.48. The molecule has 7 nitrogen and oxygen atoms in total. The number of nitrogens with zero attached hydrogens (tertiary/aromatic N) is 4. The lowest BCUT2D eigenvalue weighted by Crippen LogP contribution is -2.13. The van der Waals surface area contributed by atoms with Crippen LogP contribution in [0.15, 0.2) is 73.3 Å². The van der Waals surface area contributed by atoms with Gasteiger partial charge in [-0.05, 0) is 65.9 Å². The normalized spacial score (nSPS) is 10.6. The first kappa shape index (κ1) is 19.1. The lowest BCUT2D eigenvalue weighted by atomic mass is 10.2. The molecule has 0 fully saturated rings. The Morgan fingerprint density at radius 3 is 2.62 bits per heavy atom. The second-order valence-corrected chi connectivity index (χ2v) is 7.30. The molecule has 0 aliphatic heterocycles. The number of amides is 1. The first-order valence-electron chi connectivity index (χ1n) is 8.76. The van der Waals surface area contributed by atoms with E-state index in [2.05, 4.69) is 42.9 Å². The maximum absolute atomic E-state index is 12.4. The molecule has 1 N–H and O–H groups in total. The van der Waals surface area contributed by atoms with E-state index < -0.39 is 0 Å². The van der Waals surface area contributed by atoms with Crippen molar-refractivity contribution < 1.29 is 9.53 Å². The highest BCUT2D eigenvalue weighted by Crippen LogP contribution is 2.23. The van der Waals surface area contributed by atoms with Crippen molar-refractivity contribution in [2.24, 2.45) is 0 Å². The average molecular weight is 497 g/mol. The number of hydrogen-bond donors (Lipinski definition) is 1. The van der Waals surface area contributed by atoms with Crippen LogP contribution in [0.2, 0.25) is 0 Å². The Morgan fingerprint density at radius 1 is 1.10 bits per heavy atom. The number of nitrogens with one attached hydrogen (secondary N) is 1. The van der Waals surface area contributed by atoms with E-state index in [1.54, 1.807) is 66.6 Å². The number of ether oxygens (including phenoxy) is 1. The zero-order valence-electron chi connectivity index (χ0n) is 15.4. The van der Waals surface area contributed by atoms with E-state index in [0.717, 1.165) is 3.57 Å². The molecule has 0 radical (unpaired) electrons. The molecule has 0 aliphatic rings. The van der Waals surface area contributed by atoms with E-state index in [-0.39, 0.29) is 5.91 Å². The molecule has 0 unspecified atom stereocenters. The number of anilines is 1. The lowest BCUT2D eigenvalue weighted by Gasteiger charge is -2.10. The van der Waals surface area contributed by atoms with Crippen molar-refractivity contribution in [2.75, 3.05) is 5.32 Å². The van der Waals surface area contributed by atoms with E-state index in [1.807, 2.05) is 18.2 Å². The van der Waals surface area contributed by atoms with Gasteiger partial charge < -0.3 is 10.1 Å². The van der Waals surface area contributed by atoms with Gasteiger partial charge in [0.05, 0.1) is 5.56 Å². The van der Waals surface area contributed by atoms with Gasteiger partial charge in [-0.25, -0.2) is 9.97 Å². The van der Waals surface area contributed by atoms with Crippen LogP contribution in [-0.4, -0.2) is 25.4 Å². The monoisotopic (exact) mass is 497 g/mol. The number of imidazole rings is 1. The third kappa shape index (κ3) is 4.60. The van der Waals surface area contributed by atoms with Gasteiger partial charge in [0.25, 0.3) is 5.91 Å². The maximum Gasteiger partial charge on any atom is 0.256 e. The minimum Gasteiger partial charge on any atom is -0.439 e. The van der Waals surface area contributed by atoms with Gasteiger partial charge in [0, 0.05) is 27.7 Å². The van der Waals surface area contributed by atoms with E-state index >= 15 is 0 Å². The van der Waals surface area contributed by atoms with Crippen LogP contribution in [0.5, 0.6) is 11.6 Å². The van der Waals surface area contributed by atoms with Gasteiger partial charge in [-0.15, -0.1) is 0 Å². The summed E-state index contributed by atoms with van der Waals surface area (Å²) in [5.41, 5.74) is 1.32. The van der Waals surface area contributed by atoms with E-state index in [0.29, 0.717) is 34.5 Å². The predicted octanol–water partition coefficient (Wildman–Crippen LogP) is 4.62. The maximum atomic E-state index is 12.4. The molecule has 0 saturated heterocycles. The first-order chi connectivity index (χ1) is 14.1. The van der Waals surface area contributed by atoms with Crippen molar-refractivity contribution in [1.29, 1.82) is 0 Å². The molecule has 0 saturated carbocycles. The quantitative estimate of drug-likeness (QED) is 0.407. The second kappa shape index (κ2) is 8.39. The largest absolute Gasteiger partial charge is 0.439 e. The summed E-state index contributed by atoms with van der Waals surface area (Å²) in [6.45, 7) is 1.80. The van der Waals surface area contributed by atoms with Gasteiger partial charge in [0.15, 0.2) is 0 Å². The zero-order valence-corrected chi connectivity index (χ0v) is 17.6. The summed E-state index contributed by atoms with van der Waals surface area (Å²) in [5.74, 6) is 2.14. The third-order valence-corrected chi connectivity index (χ3v) is 4.96. The molecule has 2 aromatic heterocycles. The van der Waals surface area contributed by atoms with Gasteiger partial charge in [-0.2, -0.15) is 4.98 Å². The highest BCUT2D eigenvalue weighted by molar-refractivity contribution is 14.1. The number of carbonyl (C=O) groups is 1. The molecule has 0 bridgehead atoms. The highest BCUT2D eigenvalue weighted by Gasteiger charge is 2.10. The fourth-order valence-corrected chi connectivity index (χ4v) is 3.31. The Morgan fingerprint density at radius 2 is 1.90 bits per heavy atom. The molecule has 4 rings (SSSR count). The lowest BCUT2D eigenvalue weighted by molar-refractivity contribution is 0.102. The molecule has 144 valence electrons. The van der Waals surface area contributed by atoms with Crippen molar-refractivity contribution in [2.45, 2.75) is 6.92 Å². The summed E-state index contributed by atoms with van der Waals surface area (Å²) >= 11 is 2.15. The smallest absolute Gasteiger partial charge is 0.256 e. The minimum absolute atomic E-state index is 0.153. The van der Waals surface area contributed by atoms with Crippen molar-refractivity contribution in [1.82, 2.24) is 19.5 Å². The molecule has 0 atom stereocenters. The fraction of sp³-hybridized carbons (Fsp3) is 0.0476. The highest BCUT2D eigenvalue weighted by atomic mass is 127. The van der Waals surface area contributed by atoms with Crippen molar-refractivity contribution in [3.8, 4) is 17.4 Å². The summed E-state index contributed by atoms with van der Waals surface area (Å²) in [6, 6.07) is 16.3. The summed E-state index contributed by atoms with van der Waals surface area (Å²) < 4.78 is 8.54. The predicted molar refractivity (Wildman–Crippen MR) is 118 cm³/mol. The Hall–Kier alpha value is -3.27. The summed E-state index contributed by atoms with van der Waals surface area (Å²) in [4.78, 5) is 25.2. The number of aryl methyl sites for hydroxylation is 1. The molecule has 0 spiro atoms. The number of aromatic nitrogens is 4. The second-order valence-electron chi connectivity index (χ2n) is 6.14. The molecule has 4 aromatic rings. The first-order valence-corrected chi connectivity index (χ1v) is 9.84. The van der Waals surface area contributed by atoms with Gasteiger partial charge in [0.2, 0.25) is 5.88 Å². The summed E-state index contributed by atoms with van der Waals surface area (Å²) in [7, 11) is 0. The van der Waals surface area contributed by atoms with Crippen LogP contribution in [-0.2, 0) is 0 Å². The molecular weight excluding hydrogens is 481 g/mol. The van der Waals surface area contributed by atoms with Crippen molar-refractivity contribution >= 4 is 34.2 Å². The van der Waals surface area contributed by atoms with Gasteiger partial charge >= 0.3 is 0 Å². The van der Waals surface area contributed by atoms with Crippen LogP contribution in [0, 0.1) is 10.5 Å². The van der Waals surface area contributed by atoms with Crippen molar-refractivity contribution in [3.63, 3.8) is 0 Å². The molecular formula is C21H16IN5O2. The van der Waals surface area contributed by atoms with Crippen LogP contribution >= 0.6 is 22.6 Å². The third-order valence-electron chi connectivity index (χ3n) is 4.02. The number of hydrogen-bond acceptors (Lipinski definition) is 5. The van der Waals surface area contributed by atoms with Crippen LogP contribution in [0.1, 0.15) is 16.2 Å². The molecule has 2 heterocycles. The number of halogens is 1. The average Bonchev–Trinajstić information content (AvgIpc) is 3.24.